The largest absolute Gasteiger partial charge is 0.340 e. The number of aryl methyl sites for hydroxylation is 2. The molecule has 0 radical (unpaired) electrons. The molecule has 2 aliphatic rings. The zero-order valence-electron chi connectivity index (χ0n) is 14.7. The van der Waals surface area contributed by atoms with Crippen molar-refractivity contribution in [1.82, 2.24) is 19.9 Å². The van der Waals surface area contributed by atoms with Gasteiger partial charge in [0.2, 0.25) is 11.9 Å². The summed E-state index contributed by atoms with van der Waals surface area (Å²) in [5, 5.41) is 3.11. The number of aromatic nitrogens is 3. The molecule has 1 atom stereocenters. The summed E-state index contributed by atoms with van der Waals surface area (Å²) in [7, 11) is 0. The first-order valence-electron chi connectivity index (χ1n) is 8.81. The molecule has 25 heavy (non-hydrogen) atoms. The van der Waals surface area contributed by atoms with Crippen LogP contribution in [0.3, 0.4) is 0 Å². The average Bonchev–Trinajstić information content (AvgIpc) is 3.29. The fourth-order valence-corrected chi connectivity index (χ4v) is 4.48. The zero-order chi connectivity index (χ0) is 17.4. The van der Waals surface area contributed by atoms with E-state index in [1.54, 1.807) is 11.3 Å². The number of thiazole rings is 1. The quantitative estimate of drug-likeness (QED) is 0.841. The molecule has 2 saturated heterocycles. The number of hydrogen-bond acceptors (Lipinski definition) is 6. The maximum Gasteiger partial charge on any atom is 0.225 e. The minimum Gasteiger partial charge on any atom is -0.340 e. The molecule has 4 heterocycles. The summed E-state index contributed by atoms with van der Waals surface area (Å²) in [6.07, 6.45) is 6.40. The molecule has 2 fully saturated rings. The van der Waals surface area contributed by atoms with E-state index in [9.17, 15) is 4.79 Å². The first-order valence-corrected chi connectivity index (χ1v) is 9.69. The second kappa shape index (κ2) is 6.37. The lowest BCUT2D eigenvalue weighted by atomic mass is 9.86. The van der Waals surface area contributed by atoms with Gasteiger partial charge >= 0.3 is 0 Å². The van der Waals surface area contributed by atoms with E-state index in [1.165, 1.54) is 0 Å². The van der Waals surface area contributed by atoms with Crippen LogP contribution in [0.1, 0.15) is 36.0 Å². The van der Waals surface area contributed by atoms with E-state index in [4.69, 9.17) is 0 Å². The first-order chi connectivity index (χ1) is 12.1. The highest BCUT2D eigenvalue weighted by atomic mass is 32.1. The highest BCUT2D eigenvalue weighted by Gasteiger charge is 2.47. The van der Waals surface area contributed by atoms with Crippen molar-refractivity contribution >= 4 is 23.2 Å². The Morgan fingerprint density at radius 2 is 2.08 bits per heavy atom. The van der Waals surface area contributed by atoms with Gasteiger partial charge in [0.1, 0.15) is 0 Å². The van der Waals surface area contributed by atoms with E-state index >= 15 is 0 Å². The molecule has 1 spiro atoms. The number of likely N-dealkylation sites (tertiary alicyclic amines) is 1. The Hall–Kier alpha value is -2.02. The molecule has 2 aromatic rings. The fourth-order valence-electron chi connectivity index (χ4n) is 3.88. The lowest BCUT2D eigenvalue weighted by molar-refractivity contribution is -0.128. The Labute approximate surface area is 151 Å². The maximum absolute atomic E-state index is 12.5. The third kappa shape index (κ3) is 3.25. The molecule has 6 nitrogen and oxygen atoms in total. The number of carbonyl (C=O) groups excluding carboxylic acids is 1. The third-order valence-electron chi connectivity index (χ3n) is 5.25. The number of nitrogens with zero attached hydrogens (tertiary/aromatic N) is 5. The zero-order valence-corrected chi connectivity index (χ0v) is 15.6. The Kier molecular flexibility index (Phi) is 4.19. The second-order valence-electron chi connectivity index (χ2n) is 7.20. The number of amides is 1. The monoisotopic (exact) mass is 357 g/mol. The van der Waals surface area contributed by atoms with Gasteiger partial charge in [0.15, 0.2) is 0 Å². The van der Waals surface area contributed by atoms with Crippen molar-refractivity contribution in [3.05, 3.63) is 34.0 Å². The van der Waals surface area contributed by atoms with Gasteiger partial charge < -0.3 is 9.80 Å². The summed E-state index contributed by atoms with van der Waals surface area (Å²) in [6, 6.07) is 0. The smallest absolute Gasteiger partial charge is 0.225 e. The van der Waals surface area contributed by atoms with Crippen LogP contribution in [0.15, 0.2) is 17.8 Å². The Balaban J connectivity index is 1.43. The van der Waals surface area contributed by atoms with Crippen molar-refractivity contribution < 1.29 is 4.79 Å². The van der Waals surface area contributed by atoms with Crippen LogP contribution in [0, 0.1) is 12.3 Å². The molecular formula is C18H23N5OS. The van der Waals surface area contributed by atoms with Gasteiger partial charge in [-0.05, 0) is 25.3 Å². The summed E-state index contributed by atoms with van der Waals surface area (Å²) < 4.78 is 0. The molecule has 132 valence electrons. The minimum absolute atomic E-state index is 0.0366. The van der Waals surface area contributed by atoms with Crippen LogP contribution in [-0.4, -0.2) is 45.4 Å². The van der Waals surface area contributed by atoms with E-state index in [1.807, 2.05) is 24.2 Å². The van der Waals surface area contributed by atoms with Gasteiger partial charge in [0.25, 0.3) is 0 Å². The molecule has 7 heteroatoms. The standard InChI is InChI=1S/C18H23N5OS/c1-3-14-7-19-17(20-8-14)22-5-4-18(11-22)6-16(24)23(12-18)9-15-10-25-13(2)21-15/h7-8,10H,3-6,9,11-12H2,1-2H3/t18-/m1/s1. The topological polar surface area (TPSA) is 62.2 Å². The van der Waals surface area contributed by atoms with Crippen molar-refractivity contribution in [2.75, 3.05) is 24.5 Å². The molecule has 1 amide bonds. The van der Waals surface area contributed by atoms with Crippen molar-refractivity contribution in [3.8, 4) is 0 Å². The van der Waals surface area contributed by atoms with E-state index in [0.717, 1.165) is 54.7 Å². The summed E-state index contributed by atoms with van der Waals surface area (Å²) in [5.41, 5.74) is 2.19. The summed E-state index contributed by atoms with van der Waals surface area (Å²) in [6.45, 7) is 7.32. The van der Waals surface area contributed by atoms with Crippen LogP contribution in [0.4, 0.5) is 5.95 Å². The van der Waals surface area contributed by atoms with Crippen LogP contribution in [0.25, 0.3) is 0 Å². The van der Waals surface area contributed by atoms with E-state index in [-0.39, 0.29) is 11.3 Å². The van der Waals surface area contributed by atoms with Gasteiger partial charge in [0, 0.05) is 49.2 Å². The average molecular weight is 357 g/mol. The number of rotatable bonds is 4. The van der Waals surface area contributed by atoms with Gasteiger partial charge in [-0.1, -0.05) is 6.92 Å². The molecule has 0 N–H and O–H groups in total. The SMILES string of the molecule is CCc1cnc(N2CC[C@@]3(CC(=O)N(Cc4csc(C)n4)C3)C2)nc1. The Morgan fingerprint density at radius 3 is 2.76 bits per heavy atom. The number of hydrogen-bond donors (Lipinski definition) is 0. The van der Waals surface area contributed by atoms with Gasteiger partial charge in [-0.25, -0.2) is 15.0 Å². The van der Waals surface area contributed by atoms with Crippen LogP contribution < -0.4 is 4.90 Å². The van der Waals surface area contributed by atoms with Crippen molar-refractivity contribution in [1.29, 1.82) is 0 Å². The molecule has 4 rings (SSSR count). The minimum atomic E-state index is 0.0366. The van der Waals surface area contributed by atoms with Crippen molar-refractivity contribution in [2.45, 2.75) is 39.7 Å². The second-order valence-corrected chi connectivity index (χ2v) is 8.26. The van der Waals surface area contributed by atoms with Crippen molar-refractivity contribution in [2.24, 2.45) is 5.41 Å². The van der Waals surface area contributed by atoms with Crippen molar-refractivity contribution in [3.63, 3.8) is 0 Å². The van der Waals surface area contributed by atoms with Crippen LogP contribution in [-0.2, 0) is 17.8 Å². The Morgan fingerprint density at radius 1 is 1.28 bits per heavy atom. The maximum atomic E-state index is 12.5. The lowest BCUT2D eigenvalue weighted by Gasteiger charge is -2.24. The fraction of sp³-hybridized carbons (Fsp3) is 0.556. The molecule has 0 aromatic carbocycles. The van der Waals surface area contributed by atoms with Crippen LogP contribution in [0.5, 0.6) is 0 Å². The van der Waals surface area contributed by atoms with E-state index < -0.39 is 0 Å². The molecule has 0 aliphatic carbocycles. The first kappa shape index (κ1) is 16.4. The predicted molar refractivity (Wildman–Crippen MR) is 97.6 cm³/mol. The highest BCUT2D eigenvalue weighted by molar-refractivity contribution is 7.09. The molecule has 0 bridgehead atoms. The van der Waals surface area contributed by atoms with E-state index in [0.29, 0.717) is 13.0 Å². The summed E-state index contributed by atoms with van der Waals surface area (Å²) in [4.78, 5) is 30.2. The predicted octanol–water partition coefficient (Wildman–Crippen LogP) is 2.43. The molecule has 0 unspecified atom stereocenters. The molecule has 2 aliphatic heterocycles. The summed E-state index contributed by atoms with van der Waals surface area (Å²) >= 11 is 1.64. The van der Waals surface area contributed by atoms with Gasteiger partial charge in [-0.2, -0.15) is 0 Å². The Bertz CT molecular complexity index is 774. The third-order valence-corrected chi connectivity index (χ3v) is 6.07. The number of anilines is 1. The normalized spacial score (nSPS) is 23.2. The number of carbonyl (C=O) groups is 1. The van der Waals surface area contributed by atoms with Crippen LogP contribution >= 0.6 is 11.3 Å². The molecule has 0 saturated carbocycles. The molecular weight excluding hydrogens is 334 g/mol. The van der Waals surface area contributed by atoms with Crippen LogP contribution in [0.2, 0.25) is 0 Å². The van der Waals surface area contributed by atoms with E-state index in [2.05, 4.69) is 32.2 Å². The van der Waals surface area contributed by atoms with Gasteiger partial charge in [0.05, 0.1) is 17.2 Å². The summed E-state index contributed by atoms with van der Waals surface area (Å²) in [5.74, 6) is 1.03. The van der Waals surface area contributed by atoms with Gasteiger partial charge in [-0.3, -0.25) is 4.79 Å². The highest BCUT2D eigenvalue weighted by Crippen LogP contribution is 2.41. The lowest BCUT2D eigenvalue weighted by Crippen LogP contribution is -2.31. The van der Waals surface area contributed by atoms with Gasteiger partial charge in [-0.15, -0.1) is 11.3 Å². The molecule has 2 aromatic heterocycles.